The van der Waals surface area contributed by atoms with Crippen molar-refractivity contribution >= 4 is 33.3 Å². The summed E-state index contributed by atoms with van der Waals surface area (Å²) in [6.45, 7) is 0. The highest BCUT2D eigenvalue weighted by Gasteiger charge is 2.24. The first-order chi connectivity index (χ1) is 10.1. The van der Waals surface area contributed by atoms with Gasteiger partial charge in [0.25, 0.3) is 0 Å². The number of aryl methyl sites for hydroxylation is 1. The lowest BCUT2D eigenvalue weighted by Gasteiger charge is -2.09. The van der Waals surface area contributed by atoms with Gasteiger partial charge in [-0.25, -0.2) is 9.97 Å². The molecule has 0 fully saturated rings. The molecule has 3 aromatic heterocycles. The van der Waals surface area contributed by atoms with Gasteiger partial charge in [0.15, 0.2) is 5.65 Å². The number of imidazole rings is 1. The van der Waals surface area contributed by atoms with E-state index in [0.29, 0.717) is 0 Å². The van der Waals surface area contributed by atoms with Gasteiger partial charge in [-0.15, -0.1) is 11.3 Å². The fourth-order valence-corrected chi connectivity index (χ4v) is 4.10. The van der Waals surface area contributed by atoms with E-state index in [1.807, 2.05) is 31.1 Å². The monoisotopic (exact) mass is 299 g/mol. The van der Waals surface area contributed by atoms with Crippen molar-refractivity contribution in [2.24, 2.45) is 0 Å². The van der Waals surface area contributed by atoms with Crippen LogP contribution in [0, 0.1) is 0 Å². The second kappa shape index (κ2) is 4.46. The largest absolute Gasteiger partial charge is 0.390 e. The van der Waals surface area contributed by atoms with Crippen molar-refractivity contribution in [2.45, 2.75) is 19.3 Å². The molecular formula is C15H17N5S. The summed E-state index contributed by atoms with van der Waals surface area (Å²) in [6.07, 6.45) is 3.47. The van der Waals surface area contributed by atoms with Crippen molar-refractivity contribution in [1.82, 2.24) is 15.0 Å². The molecule has 0 spiro atoms. The Morgan fingerprint density at radius 3 is 2.90 bits per heavy atom. The van der Waals surface area contributed by atoms with E-state index >= 15 is 0 Å². The highest BCUT2D eigenvalue weighted by Crippen LogP contribution is 2.42. The van der Waals surface area contributed by atoms with Gasteiger partial charge >= 0.3 is 0 Å². The minimum atomic E-state index is 0.744. The molecule has 6 heteroatoms. The van der Waals surface area contributed by atoms with Crippen LogP contribution in [0.3, 0.4) is 0 Å². The Morgan fingerprint density at radius 2 is 2.10 bits per heavy atom. The maximum Gasteiger partial charge on any atom is 0.180 e. The normalized spacial score (nSPS) is 13.8. The van der Waals surface area contributed by atoms with Crippen molar-refractivity contribution in [1.29, 1.82) is 0 Å². The summed E-state index contributed by atoms with van der Waals surface area (Å²) in [5, 5.41) is 0.867. The summed E-state index contributed by atoms with van der Waals surface area (Å²) in [5.74, 6) is 1.76. The van der Waals surface area contributed by atoms with Gasteiger partial charge in [0.1, 0.15) is 11.6 Å². The SMILES string of the molecule is CN(C)c1ccc2[nH]c(-c3c(N)sc4c3CCC4)nc2n1. The van der Waals surface area contributed by atoms with E-state index in [1.165, 1.54) is 16.9 Å². The van der Waals surface area contributed by atoms with Gasteiger partial charge in [-0.2, -0.15) is 0 Å². The predicted octanol–water partition coefficient (Wildman–Crippen LogP) is 2.82. The van der Waals surface area contributed by atoms with E-state index in [2.05, 4.69) is 15.0 Å². The number of nitrogens with one attached hydrogen (secondary N) is 1. The molecule has 0 saturated heterocycles. The fourth-order valence-electron chi connectivity index (χ4n) is 2.94. The molecule has 3 N–H and O–H groups in total. The first kappa shape index (κ1) is 12.6. The number of nitrogen functional groups attached to an aromatic ring is 1. The molecule has 21 heavy (non-hydrogen) atoms. The van der Waals surface area contributed by atoms with E-state index in [9.17, 15) is 0 Å². The lowest BCUT2D eigenvalue weighted by molar-refractivity contribution is 0.915. The van der Waals surface area contributed by atoms with Crippen LogP contribution in [0.1, 0.15) is 16.9 Å². The summed E-state index contributed by atoms with van der Waals surface area (Å²) in [4.78, 5) is 16.0. The molecule has 108 valence electrons. The van der Waals surface area contributed by atoms with Crippen LogP contribution in [-0.2, 0) is 12.8 Å². The number of nitrogens with two attached hydrogens (primary N) is 1. The molecule has 1 aliphatic carbocycles. The van der Waals surface area contributed by atoms with Crippen molar-refractivity contribution < 1.29 is 0 Å². The smallest absolute Gasteiger partial charge is 0.180 e. The molecule has 0 amide bonds. The van der Waals surface area contributed by atoms with Gasteiger partial charge in [0, 0.05) is 19.0 Å². The van der Waals surface area contributed by atoms with Crippen LogP contribution in [0.4, 0.5) is 10.8 Å². The standard InChI is InChI=1S/C15H17N5S/c1-20(2)11-7-6-9-14(18-11)19-15(17-9)12-8-4-3-5-10(8)21-13(12)16/h6-7H,3-5,16H2,1-2H3,(H,17,18,19). The molecule has 5 nitrogen and oxygen atoms in total. The third-order valence-corrected chi connectivity index (χ3v) is 5.10. The zero-order chi connectivity index (χ0) is 14.6. The highest BCUT2D eigenvalue weighted by atomic mass is 32.1. The molecule has 3 aromatic rings. The Bertz CT molecular complexity index is 830. The molecule has 0 saturated carbocycles. The highest BCUT2D eigenvalue weighted by molar-refractivity contribution is 7.16. The van der Waals surface area contributed by atoms with Crippen LogP contribution < -0.4 is 10.6 Å². The summed E-state index contributed by atoms with van der Waals surface area (Å²) in [5.41, 5.74) is 10.4. The number of H-pyrrole nitrogens is 1. The number of thiophene rings is 1. The quantitative estimate of drug-likeness (QED) is 0.763. The number of anilines is 2. The lowest BCUT2D eigenvalue weighted by atomic mass is 10.1. The lowest BCUT2D eigenvalue weighted by Crippen LogP contribution is -2.10. The number of hydrogen-bond acceptors (Lipinski definition) is 5. The molecule has 0 bridgehead atoms. The molecule has 4 rings (SSSR count). The Labute approximate surface area is 126 Å². The van der Waals surface area contributed by atoms with Crippen LogP contribution in [0.5, 0.6) is 0 Å². The van der Waals surface area contributed by atoms with E-state index in [1.54, 1.807) is 11.3 Å². The zero-order valence-corrected chi connectivity index (χ0v) is 12.9. The average molecular weight is 299 g/mol. The van der Waals surface area contributed by atoms with Crippen molar-refractivity contribution in [3.8, 4) is 11.4 Å². The summed E-state index contributed by atoms with van der Waals surface area (Å²) in [6, 6.07) is 4.02. The van der Waals surface area contributed by atoms with Gasteiger partial charge in [0.2, 0.25) is 0 Å². The Morgan fingerprint density at radius 1 is 1.24 bits per heavy atom. The van der Waals surface area contributed by atoms with E-state index in [4.69, 9.17) is 5.73 Å². The third kappa shape index (κ3) is 1.90. The number of rotatable bonds is 2. The number of aromatic amines is 1. The summed E-state index contributed by atoms with van der Waals surface area (Å²) in [7, 11) is 3.96. The number of fused-ring (bicyclic) bond motifs is 2. The third-order valence-electron chi connectivity index (χ3n) is 3.97. The Hall–Kier alpha value is -2.08. The molecule has 0 unspecified atom stereocenters. The van der Waals surface area contributed by atoms with Gasteiger partial charge in [0.05, 0.1) is 16.1 Å². The molecule has 0 aromatic carbocycles. The van der Waals surface area contributed by atoms with Crippen molar-refractivity contribution in [3.05, 3.63) is 22.6 Å². The van der Waals surface area contributed by atoms with E-state index in [0.717, 1.165) is 46.2 Å². The van der Waals surface area contributed by atoms with Crippen LogP contribution in [0.2, 0.25) is 0 Å². The second-order valence-electron chi connectivity index (χ2n) is 5.62. The minimum Gasteiger partial charge on any atom is -0.390 e. The van der Waals surface area contributed by atoms with Crippen LogP contribution >= 0.6 is 11.3 Å². The van der Waals surface area contributed by atoms with Gasteiger partial charge < -0.3 is 15.6 Å². The summed E-state index contributed by atoms with van der Waals surface area (Å²) < 4.78 is 0. The van der Waals surface area contributed by atoms with Crippen LogP contribution in [-0.4, -0.2) is 29.0 Å². The van der Waals surface area contributed by atoms with E-state index < -0.39 is 0 Å². The van der Waals surface area contributed by atoms with Crippen molar-refractivity contribution in [2.75, 3.05) is 24.7 Å². The fraction of sp³-hybridized carbons (Fsp3) is 0.333. The number of pyridine rings is 1. The number of hydrogen-bond donors (Lipinski definition) is 2. The molecule has 3 heterocycles. The molecule has 0 aliphatic heterocycles. The average Bonchev–Trinajstić information content (AvgIpc) is 3.10. The maximum atomic E-state index is 6.21. The molecule has 1 aliphatic rings. The number of nitrogens with zero attached hydrogens (tertiary/aromatic N) is 3. The molecule has 0 radical (unpaired) electrons. The molecule has 0 atom stereocenters. The van der Waals surface area contributed by atoms with Gasteiger partial charge in [-0.1, -0.05) is 0 Å². The van der Waals surface area contributed by atoms with Crippen LogP contribution in [0.15, 0.2) is 12.1 Å². The molecular weight excluding hydrogens is 282 g/mol. The van der Waals surface area contributed by atoms with Gasteiger partial charge in [-0.05, 0) is 37.0 Å². The van der Waals surface area contributed by atoms with Gasteiger partial charge in [-0.3, -0.25) is 0 Å². The second-order valence-corrected chi connectivity index (χ2v) is 6.75. The Balaban J connectivity index is 1.88. The van der Waals surface area contributed by atoms with Crippen molar-refractivity contribution in [3.63, 3.8) is 0 Å². The first-order valence-corrected chi connectivity index (χ1v) is 7.89. The topological polar surface area (TPSA) is 70.8 Å². The first-order valence-electron chi connectivity index (χ1n) is 7.08. The predicted molar refractivity (Wildman–Crippen MR) is 88.0 cm³/mol. The van der Waals surface area contributed by atoms with E-state index in [-0.39, 0.29) is 0 Å². The van der Waals surface area contributed by atoms with Crippen LogP contribution in [0.25, 0.3) is 22.6 Å². The zero-order valence-electron chi connectivity index (χ0n) is 12.1. The minimum absolute atomic E-state index is 0.744. The maximum absolute atomic E-state index is 6.21. The summed E-state index contributed by atoms with van der Waals surface area (Å²) >= 11 is 1.71. The Kier molecular flexibility index (Phi) is 2.68. The number of aromatic nitrogens is 3.